The summed E-state index contributed by atoms with van der Waals surface area (Å²) in [5, 5.41) is 17.7. The zero-order valence-corrected chi connectivity index (χ0v) is 12.5. The van der Waals surface area contributed by atoms with Gasteiger partial charge in [0.2, 0.25) is 0 Å². The fraction of sp³-hybridized carbons (Fsp3) is 0.833. The van der Waals surface area contributed by atoms with E-state index in [4.69, 9.17) is 22.0 Å². The Morgan fingerprint density at radius 1 is 1.21 bits per heavy atom. The van der Waals surface area contributed by atoms with E-state index in [1.54, 1.807) is 0 Å². The summed E-state index contributed by atoms with van der Waals surface area (Å²) in [5.41, 5.74) is 0.0583. The fourth-order valence-corrected chi connectivity index (χ4v) is 6.15. The van der Waals surface area contributed by atoms with Crippen molar-refractivity contribution < 1.29 is 24.7 Å². The van der Waals surface area contributed by atoms with E-state index in [1.165, 1.54) is 0 Å². The van der Waals surface area contributed by atoms with Gasteiger partial charge in [-0.25, -0.2) is 0 Å². The smallest absolute Gasteiger partial charge is 0.306 e. The number of carboxylic acid groups (broad SMARTS) is 2. The average Bonchev–Trinajstić information content (AvgIpc) is 2.35. The van der Waals surface area contributed by atoms with Crippen LogP contribution in [0.1, 0.15) is 44.9 Å². The molecule has 1 aliphatic carbocycles. The summed E-state index contributed by atoms with van der Waals surface area (Å²) in [6.07, 6.45) is 2.20. The maximum Gasteiger partial charge on any atom is 0.306 e. The molecule has 3 N–H and O–H groups in total. The van der Waals surface area contributed by atoms with Crippen molar-refractivity contribution in [3.63, 3.8) is 0 Å². The molecule has 0 heterocycles. The highest BCUT2D eigenvalue weighted by atomic mass is 32.4. The predicted octanol–water partition coefficient (Wildman–Crippen LogP) is 2.27. The number of hydrogen-bond acceptors (Lipinski definition) is 3. The highest BCUT2D eigenvalue weighted by Gasteiger charge is 2.33. The third kappa shape index (κ3) is 5.59. The Morgan fingerprint density at radius 2 is 1.79 bits per heavy atom. The molecule has 1 fully saturated rings. The molecule has 0 amide bonds. The highest BCUT2D eigenvalue weighted by Crippen LogP contribution is 2.53. The molecule has 0 aromatic carbocycles. The van der Waals surface area contributed by atoms with Gasteiger partial charge in [0, 0.05) is 18.2 Å². The molecule has 0 aromatic heterocycles. The van der Waals surface area contributed by atoms with Crippen molar-refractivity contribution in [1.29, 1.82) is 0 Å². The van der Waals surface area contributed by atoms with Crippen molar-refractivity contribution in [3.8, 4) is 0 Å². The van der Waals surface area contributed by atoms with Crippen molar-refractivity contribution in [2.75, 3.05) is 6.16 Å². The minimum absolute atomic E-state index is 0.0380. The molecule has 2 unspecified atom stereocenters. The Bertz CT molecular complexity index is 378. The van der Waals surface area contributed by atoms with E-state index in [1.807, 2.05) is 0 Å². The zero-order chi connectivity index (χ0) is 14.5. The molecule has 0 radical (unpaired) electrons. The second kappa shape index (κ2) is 7.36. The topological polar surface area (TPSA) is 94.8 Å². The molecule has 7 heteroatoms. The molecule has 1 aliphatic rings. The normalized spacial score (nSPS) is 21.5. The van der Waals surface area contributed by atoms with Crippen LogP contribution in [0.15, 0.2) is 0 Å². The van der Waals surface area contributed by atoms with E-state index >= 15 is 0 Å². The number of carbonyl (C=O) groups is 2. The number of aliphatic carboxylic acids is 2. The monoisotopic (exact) mass is 308 g/mol. The lowest BCUT2D eigenvalue weighted by molar-refractivity contribution is -0.142. The molecule has 0 saturated heterocycles. The molecular formula is C12H21O5PS. The van der Waals surface area contributed by atoms with E-state index in [9.17, 15) is 14.5 Å². The van der Waals surface area contributed by atoms with Gasteiger partial charge in [-0.2, -0.15) is 0 Å². The quantitative estimate of drug-likeness (QED) is 0.625. The summed E-state index contributed by atoms with van der Waals surface area (Å²) in [7, 11) is 0. The van der Waals surface area contributed by atoms with Crippen LogP contribution >= 0.6 is 6.26 Å². The largest absolute Gasteiger partial charge is 0.481 e. The molecule has 0 aromatic rings. The third-order valence-corrected chi connectivity index (χ3v) is 7.65. The molecule has 2 atom stereocenters. The van der Waals surface area contributed by atoms with Gasteiger partial charge >= 0.3 is 11.9 Å². The Balaban J connectivity index is 2.62. The van der Waals surface area contributed by atoms with Crippen molar-refractivity contribution in [2.24, 2.45) is 5.92 Å². The third-order valence-electron chi connectivity index (χ3n) is 3.68. The van der Waals surface area contributed by atoms with Gasteiger partial charge in [-0.15, -0.1) is 0 Å². The molecular weight excluding hydrogens is 287 g/mol. The van der Waals surface area contributed by atoms with Crippen LogP contribution < -0.4 is 0 Å². The molecule has 0 aliphatic heterocycles. The Kier molecular flexibility index (Phi) is 6.43. The van der Waals surface area contributed by atoms with Crippen LogP contribution in [0.25, 0.3) is 0 Å². The van der Waals surface area contributed by atoms with Crippen LogP contribution in [0.5, 0.6) is 0 Å². The fourth-order valence-electron chi connectivity index (χ4n) is 2.54. The molecule has 5 nitrogen and oxygen atoms in total. The summed E-state index contributed by atoms with van der Waals surface area (Å²) in [6.45, 7) is 0. The molecule has 110 valence electrons. The lowest BCUT2D eigenvalue weighted by Crippen LogP contribution is -2.23. The van der Waals surface area contributed by atoms with Gasteiger partial charge in [-0.3, -0.25) is 9.59 Å². The van der Waals surface area contributed by atoms with Crippen LogP contribution in [-0.4, -0.2) is 38.9 Å². The number of carboxylic acids is 2. The lowest BCUT2D eigenvalue weighted by Gasteiger charge is -2.31. The van der Waals surface area contributed by atoms with Crippen molar-refractivity contribution in [3.05, 3.63) is 0 Å². The molecule has 0 spiro atoms. The summed E-state index contributed by atoms with van der Waals surface area (Å²) in [4.78, 5) is 32.1. The summed E-state index contributed by atoms with van der Waals surface area (Å²) < 4.78 is 0. The predicted molar refractivity (Wildman–Crippen MR) is 76.2 cm³/mol. The molecule has 1 rings (SSSR count). The number of rotatable bonds is 7. The van der Waals surface area contributed by atoms with Gasteiger partial charge in [0.05, 0.1) is 12.2 Å². The van der Waals surface area contributed by atoms with E-state index in [-0.39, 0.29) is 24.7 Å². The van der Waals surface area contributed by atoms with Crippen LogP contribution in [0.3, 0.4) is 0 Å². The Morgan fingerprint density at radius 3 is 2.26 bits per heavy atom. The summed E-state index contributed by atoms with van der Waals surface area (Å²) in [5.74, 6) is -2.91. The van der Waals surface area contributed by atoms with Gasteiger partial charge in [0.15, 0.2) is 0 Å². The Hall–Kier alpha value is -0.450. The van der Waals surface area contributed by atoms with Crippen LogP contribution in [-0.2, 0) is 21.4 Å². The molecule has 19 heavy (non-hydrogen) atoms. The number of hydrogen-bond donors (Lipinski definition) is 3. The minimum atomic E-state index is -2.68. The van der Waals surface area contributed by atoms with Gasteiger partial charge in [-0.05, 0) is 19.3 Å². The van der Waals surface area contributed by atoms with Gasteiger partial charge in [0.1, 0.15) is 0 Å². The second-order valence-electron chi connectivity index (χ2n) is 5.20. The molecule has 0 bridgehead atoms. The first-order valence-corrected chi connectivity index (χ1v) is 9.60. The van der Waals surface area contributed by atoms with Crippen molar-refractivity contribution >= 4 is 30.0 Å². The van der Waals surface area contributed by atoms with Crippen LogP contribution in [0.2, 0.25) is 0 Å². The average molecular weight is 308 g/mol. The second-order valence-corrected chi connectivity index (χ2v) is 9.70. The van der Waals surface area contributed by atoms with E-state index in [0.29, 0.717) is 0 Å². The van der Waals surface area contributed by atoms with Gasteiger partial charge < -0.3 is 15.1 Å². The van der Waals surface area contributed by atoms with E-state index < -0.39 is 24.1 Å². The van der Waals surface area contributed by atoms with Gasteiger partial charge in [-0.1, -0.05) is 31.1 Å². The highest BCUT2D eigenvalue weighted by molar-refractivity contribution is 8.12. The summed E-state index contributed by atoms with van der Waals surface area (Å²) >= 11 is 5.29. The van der Waals surface area contributed by atoms with Crippen LogP contribution in [0, 0.1) is 5.92 Å². The first kappa shape index (κ1) is 16.6. The van der Waals surface area contributed by atoms with Crippen molar-refractivity contribution in [1.82, 2.24) is 0 Å². The maximum absolute atomic E-state index is 11.1. The zero-order valence-electron chi connectivity index (χ0n) is 10.8. The standard InChI is InChI=1S/C12H21O5PS/c13-11(14)7-6-9(12(15)16)8-18(17,19)10-4-2-1-3-5-10/h9-10H,1-8H2,(H,13,14)(H,15,16)(H,17,19). The first-order valence-electron chi connectivity index (χ1n) is 6.59. The SMILES string of the molecule is O=C(O)CCC(CP(O)(=S)C1CCCCC1)C(=O)O. The maximum atomic E-state index is 11.1. The lowest BCUT2D eigenvalue weighted by atomic mass is 10.0. The van der Waals surface area contributed by atoms with Crippen molar-refractivity contribution in [2.45, 2.75) is 50.6 Å². The van der Waals surface area contributed by atoms with E-state index in [0.717, 1.165) is 32.1 Å². The van der Waals surface area contributed by atoms with Crippen LogP contribution in [0.4, 0.5) is 0 Å². The summed E-state index contributed by atoms with van der Waals surface area (Å²) in [6, 6.07) is 0. The van der Waals surface area contributed by atoms with E-state index in [2.05, 4.69) is 0 Å². The first-order chi connectivity index (χ1) is 8.83. The minimum Gasteiger partial charge on any atom is -0.481 e. The molecule has 1 saturated carbocycles. The Labute approximate surface area is 118 Å². The van der Waals surface area contributed by atoms with Gasteiger partial charge in [0.25, 0.3) is 0 Å².